The predicted octanol–water partition coefficient (Wildman–Crippen LogP) is 4.45. The average Bonchev–Trinajstić information content (AvgIpc) is 2.80. The van der Waals surface area contributed by atoms with Crippen molar-refractivity contribution < 1.29 is 9.53 Å². The van der Waals surface area contributed by atoms with E-state index in [4.69, 9.17) is 4.74 Å². The molecule has 2 heterocycles. The molecule has 0 atom stereocenters. The largest absolute Gasteiger partial charge is 0.422 e. The molecule has 118 valence electrons. The lowest BCUT2D eigenvalue weighted by Crippen LogP contribution is -2.09. The molecule has 0 radical (unpaired) electrons. The van der Waals surface area contributed by atoms with Crippen LogP contribution in [0.2, 0.25) is 0 Å². The van der Waals surface area contributed by atoms with Crippen molar-refractivity contribution >= 4 is 27.5 Å². The lowest BCUT2D eigenvalue weighted by atomic mass is 10.1. The predicted molar refractivity (Wildman–Crippen MR) is 92.5 cm³/mol. The van der Waals surface area contributed by atoms with Crippen molar-refractivity contribution in [2.75, 3.05) is 0 Å². The van der Waals surface area contributed by atoms with E-state index >= 15 is 0 Å². The molecule has 23 heavy (non-hydrogen) atoms. The fourth-order valence-corrected chi connectivity index (χ4v) is 3.92. The van der Waals surface area contributed by atoms with Gasteiger partial charge in [-0.2, -0.15) is 0 Å². The zero-order chi connectivity index (χ0) is 16.7. The molecule has 3 aromatic rings. The number of nitrogens with zero attached hydrogens (tertiary/aromatic N) is 2. The van der Waals surface area contributed by atoms with Crippen LogP contribution < -0.4 is 4.74 Å². The molecule has 0 fully saturated rings. The summed E-state index contributed by atoms with van der Waals surface area (Å²) in [5.41, 5.74) is 3.68. The number of ether oxygens (including phenoxy) is 1. The van der Waals surface area contributed by atoms with Crippen LogP contribution in [0.3, 0.4) is 0 Å². The second-order valence-electron chi connectivity index (χ2n) is 5.70. The lowest BCUT2D eigenvalue weighted by molar-refractivity contribution is 0.0737. The summed E-state index contributed by atoms with van der Waals surface area (Å²) in [6, 6.07) is 5.83. The van der Waals surface area contributed by atoms with Gasteiger partial charge in [0, 0.05) is 11.1 Å². The van der Waals surface area contributed by atoms with Gasteiger partial charge >= 0.3 is 5.97 Å². The van der Waals surface area contributed by atoms with E-state index in [-0.39, 0.29) is 5.97 Å². The molecule has 0 aliphatic heterocycles. The number of aryl methyl sites for hydroxylation is 5. The van der Waals surface area contributed by atoms with Crippen LogP contribution in [0.25, 0.3) is 10.2 Å². The Labute approximate surface area is 139 Å². The van der Waals surface area contributed by atoms with Crippen LogP contribution in [0.4, 0.5) is 0 Å². The van der Waals surface area contributed by atoms with E-state index in [1.807, 2.05) is 52.8 Å². The van der Waals surface area contributed by atoms with Crippen LogP contribution in [-0.2, 0) is 0 Å². The number of aromatic nitrogens is 2. The topological polar surface area (TPSA) is 52.1 Å². The molecule has 0 bridgehead atoms. The van der Waals surface area contributed by atoms with E-state index in [1.54, 1.807) is 0 Å². The smallest absolute Gasteiger partial charge is 0.354 e. The third kappa shape index (κ3) is 2.72. The fraction of sp³-hybridized carbons (Fsp3) is 0.278. The van der Waals surface area contributed by atoms with Crippen molar-refractivity contribution in [2.24, 2.45) is 0 Å². The maximum Gasteiger partial charge on any atom is 0.354 e. The third-order valence-electron chi connectivity index (χ3n) is 3.87. The number of carbonyl (C=O) groups is 1. The van der Waals surface area contributed by atoms with Gasteiger partial charge in [0.05, 0.1) is 0 Å². The highest BCUT2D eigenvalue weighted by atomic mass is 32.1. The van der Waals surface area contributed by atoms with Crippen LogP contribution in [-0.4, -0.2) is 15.9 Å². The van der Waals surface area contributed by atoms with Gasteiger partial charge in [-0.1, -0.05) is 18.2 Å². The maximum absolute atomic E-state index is 12.6. The zero-order valence-electron chi connectivity index (χ0n) is 13.9. The Kier molecular flexibility index (Phi) is 3.90. The summed E-state index contributed by atoms with van der Waals surface area (Å²) in [7, 11) is 0. The molecule has 5 heteroatoms. The minimum Gasteiger partial charge on any atom is -0.422 e. The molecule has 0 spiro atoms. The number of para-hydroxylation sites is 1. The summed E-state index contributed by atoms with van der Waals surface area (Å²) in [6.45, 7) is 9.60. The average molecular weight is 326 g/mol. The van der Waals surface area contributed by atoms with E-state index in [2.05, 4.69) is 9.97 Å². The van der Waals surface area contributed by atoms with Gasteiger partial charge in [-0.05, 0) is 51.3 Å². The molecule has 2 aromatic heterocycles. The number of carbonyl (C=O) groups excluding carboxylic acids is 1. The van der Waals surface area contributed by atoms with Crippen molar-refractivity contribution in [3.05, 3.63) is 51.3 Å². The molecule has 3 rings (SSSR count). The molecule has 0 aliphatic carbocycles. The van der Waals surface area contributed by atoms with Gasteiger partial charge in [-0.15, -0.1) is 11.3 Å². The second-order valence-corrected chi connectivity index (χ2v) is 6.70. The minimum absolute atomic E-state index is 0.333. The zero-order valence-corrected chi connectivity index (χ0v) is 14.7. The Morgan fingerprint density at radius 3 is 2.35 bits per heavy atom. The molecular formula is C18H18N2O2S. The minimum atomic E-state index is -0.333. The fourth-order valence-electron chi connectivity index (χ4n) is 2.77. The molecule has 4 nitrogen and oxygen atoms in total. The molecular weight excluding hydrogens is 308 g/mol. The first-order valence-corrected chi connectivity index (χ1v) is 8.23. The quantitative estimate of drug-likeness (QED) is 0.515. The summed E-state index contributed by atoms with van der Waals surface area (Å²) < 4.78 is 5.67. The molecule has 0 aliphatic rings. The standard InChI is InChI=1S/C18H18N2O2S/c1-9-7-6-8-10(2)15(9)22-18(21)16-11(3)14-12(4)19-13(5)20-17(14)23-16/h6-8H,1-5H3. The van der Waals surface area contributed by atoms with Crippen LogP contribution >= 0.6 is 11.3 Å². The highest BCUT2D eigenvalue weighted by molar-refractivity contribution is 7.20. The van der Waals surface area contributed by atoms with Crippen LogP contribution in [0, 0.1) is 34.6 Å². The number of rotatable bonds is 2. The Morgan fingerprint density at radius 2 is 1.70 bits per heavy atom. The van der Waals surface area contributed by atoms with Crippen molar-refractivity contribution in [1.82, 2.24) is 9.97 Å². The van der Waals surface area contributed by atoms with Gasteiger partial charge in [0.2, 0.25) is 0 Å². The number of hydrogen-bond acceptors (Lipinski definition) is 5. The first kappa shape index (κ1) is 15.6. The Balaban J connectivity index is 2.05. The van der Waals surface area contributed by atoms with Gasteiger partial charge in [0.25, 0.3) is 0 Å². The van der Waals surface area contributed by atoms with Crippen molar-refractivity contribution in [3.8, 4) is 5.75 Å². The van der Waals surface area contributed by atoms with Gasteiger partial charge in [-0.25, -0.2) is 14.8 Å². The van der Waals surface area contributed by atoms with Crippen molar-refractivity contribution in [2.45, 2.75) is 34.6 Å². The Bertz CT molecular complexity index is 908. The first-order chi connectivity index (χ1) is 10.9. The van der Waals surface area contributed by atoms with Crippen molar-refractivity contribution in [3.63, 3.8) is 0 Å². The Hall–Kier alpha value is -2.27. The van der Waals surface area contributed by atoms with Gasteiger partial charge in [0.15, 0.2) is 0 Å². The molecule has 0 amide bonds. The van der Waals surface area contributed by atoms with Crippen LogP contribution in [0.1, 0.15) is 37.9 Å². The number of hydrogen-bond donors (Lipinski definition) is 0. The van der Waals surface area contributed by atoms with E-state index in [1.165, 1.54) is 11.3 Å². The molecule has 0 N–H and O–H groups in total. The summed E-state index contributed by atoms with van der Waals surface area (Å²) in [5, 5.41) is 0.953. The van der Waals surface area contributed by atoms with Gasteiger partial charge in [0.1, 0.15) is 21.3 Å². The summed E-state index contributed by atoms with van der Waals surface area (Å²) in [4.78, 5) is 22.9. The summed E-state index contributed by atoms with van der Waals surface area (Å²) in [5.74, 6) is 1.01. The van der Waals surface area contributed by atoms with Gasteiger partial charge < -0.3 is 4.74 Å². The summed E-state index contributed by atoms with van der Waals surface area (Å²) in [6.07, 6.45) is 0. The van der Waals surface area contributed by atoms with E-state index in [9.17, 15) is 4.79 Å². The highest BCUT2D eigenvalue weighted by Crippen LogP contribution is 2.33. The molecule has 0 unspecified atom stereocenters. The van der Waals surface area contributed by atoms with Crippen LogP contribution in [0.15, 0.2) is 18.2 Å². The van der Waals surface area contributed by atoms with Crippen LogP contribution in [0.5, 0.6) is 5.75 Å². The highest BCUT2D eigenvalue weighted by Gasteiger charge is 2.21. The Morgan fingerprint density at radius 1 is 1.04 bits per heavy atom. The number of benzene rings is 1. The number of esters is 1. The lowest BCUT2D eigenvalue weighted by Gasteiger charge is -2.09. The molecule has 0 saturated heterocycles. The molecule has 1 aromatic carbocycles. The SMILES string of the molecule is Cc1nc(C)c2c(C)c(C(=O)Oc3c(C)cccc3C)sc2n1. The van der Waals surface area contributed by atoms with Crippen molar-refractivity contribution in [1.29, 1.82) is 0 Å². The number of fused-ring (bicyclic) bond motifs is 1. The first-order valence-electron chi connectivity index (χ1n) is 7.41. The van der Waals surface area contributed by atoms with E-state index < -0.39 is 0 Å². The number of thiophene rings is 1. The normalized spacial score (nSPS) is 11.0. The second kappa shape index (κ2) is 5.74. The molecule has 0 saturated carbocycles. The maximum atomic E-state index is 12.6. The van der Waals surface area contributed by atoms with E-state index in [0.29, 0.717) is 16.5 Å². The van der Waals surface area contributed by atoms with E-state index in [0.717, 1.165) is 32.6 Å². The monoisotopic (exact) mass is 326 g/mol. The third-order valence-corrected chi connectivity index (χ3v) is 5.04. The summed E-state index contributed by atoms with van der Waals surface area (Å²) >= 11 is 1.37. The van der Waals surface area contributed by atoms with Gasteiger partial charge in [-0.3, -0.25) is 0 Å².